The summed E-state index contributed by atoms with van der Waals surface area (Å²) in [6.45, 7) is 8.32. The van der Waals surface area contributed by atoms with Gasteiger partial charge in [0.1, 0.15) is 0 Å². The summed E-state index contributed by atoms with van der Waals surface area (Å²) in [5, 5.41) is 6.94. The van der Waals surface area contributed by atoms with E-state index < -0.39 is 7.12 Å². The second-order valence-electron chi connectivity index (χ2n) is 12.5. The van der Waals surface area contributed by atoms with Crippen LogP contribution in [0.3, 0.4) is 0 Å². The molecule has 0 amide bonds. The first kappa shape index (κ1) is 26.1. The molecule has 0 atom stereocenters. The number of rotatable bonds is 3. The number of pyridine rings is 2. The van der Waals surface area contributed by atoms with Gasteiger partial charge in [0.2, 0.25) is 0 Å². The van der Waals surface area contributed by atoms with Gasteiger partial charge in [0, 0.05) is 27.3 Å². The highest BCUT2D eigenvalue weighted by atomic mass is 16.7. The number of nitrogens with zero attached hydrogens (tertiary/aromatic N) is 2. The maximum atomic E-state index is 6.31. The summed E-state index contributed by atoms with van der Waals surface area (Å²) < 4.78 is 12.6. The largest absolute Gasteiger partial charge is 0.494 e. The van der Waals surface area contributed by atoms with Gasteiger partial charge in [0.05, 0.1) is 33.6 Å². The van der Waals surface area contributed by atoms with Gasteiger partial charge < -0.3 is 9.31 Å². The highest BCUT2D eigenvalue weighted by molar-refractivity contribution is 6.62. The van der Waals surface area contributed by atoms with Crippen molar-refractivity contribution in [2.24, 2.45) is 0 Å². The third-order valence-corrected chi connectivity index (χ3v) is 9.29. The van der Waals surface area contributed by atoms with Crippen LogP contribution in [0.25, 0.3) is 65.9 Å². The molecule has 0 unspecified atom stereocenters. The first-order valence-corrected chi connectivity index (χ1v) is 14.8. The maximum Gasteiger partial charge on any atom is 0.494 e. The molecule has 4 nitrogen and oxygen atoms in total. The van der Waals surface area contributed by atoms with Crippen LogP contribution in [-0.4, -0.2) is 28.3 Å². The molecule has 0 radical (unpaired) electrons. The van der Waals surface area contributed by atoms with Gasteiger partial charge in [-0.15, -0.1) is 0 Å². The third kappa shape index (κ3) is 4.23. The number of aromatic nitrogens is 2. The Morgan fingerprint density at radius 1 is 0.535 bits per heavy atom. The summed E-state index contributed by atoms with van der Waals surface area (Å²) in [6, 6.07) is 40.5. The van der Waals surface area contributed by atoms with E-state index in [-0.39, 0.29) is 11.2 Å². The molecule has 5 heteroatoms. The lowest BCUT2D eigenvalue weighted by Gasteiger charge is -2.32. The molecule has 208 valence electrons. The van der Waals surface area contributed by atoms with Crippen molar-refractivity contribution in [3.8, 4) is 22.5 Å². The van der Waals surface area contributed by atoms with Gasteiger partial charge in [0.25, 0.3) is 0 Å². The number of hydrogen-bond acceptors (Lipinski definition) is 4. The van der Waals surface area contributed by atoms with Crippen LogP contribution in [0, 0.1) is 0 Å². The fourth-order valence-corrected chi connectivity index (χ4v) is 6.15. The summed E-state index contributed by atoms with van der Waals surface area (Å²) in [6.07, 6.45) is 0. The van der Waals surface area contributed by atoms with E-state index in [1.165, 1.54) is 16.2 Å². The molecule has 0 aliphatic carbocycles. The van der Waals surface area contributed by atoms with E-state index in [2.05, 4.69) is 137 Å². The van der Waals surface area contributed by atoms with Crippen molar-refractivity contribution in [3.05, 3.63) is 115 Å². The molecule has 3 heterocycles. The molecule has 0 spiro atoms. The molecule has 7 aromatic rings. The lowest BCUT2D eigenvalue weighted by atomic mass is 9.78. The molecule has 5 aromatic carbocycles. The summed E-state index contributed by atoms with van der Waals surface area (Å²) in [4.78, 5) is 10.4. The Hall–Kier alpha value is -4.58. The third-order valence-electron chi connectivity index (χ3n) is 9.29. The molecule has 0 saturated carbocycles. The minimum Gasteiger partial charge on any atom is -0.399 e. The molecule has 1 aliphatic heterocycles. The van der Waals surface area contributed by atoms with Crippen LogP contribution in [-0.2, 0) is 9.31 Å². The van der Waals surface area contributed by atoms with E-state index in [0.717, 1.165) is 55.2 Å². The molecular weight excluding hydrogens is 527 g/mol. The van der Waals surface area contributed by atoms with Crippen LogP contribution in [0.15, 0.2) is 115 Å². The summed E-state index contributed by atoms with van der Waals surface area (Å²) in [7, 11) is -0.404. The Morgan fingerprint density at radius 2 is 1.19 bits per heavy atom. The van der Waals surface area contributed by atoms with Crippen LogP contribution in [0.5, 0.6) is 0 Å². The van der Waals surface area contributed by atoms with Crippen molar-refractivity contribution >= 4 is 55.9 Å². The van der Waals surface area contributed by atoms with E-state index in [0.29, 0.717) is 0 Å². The zero-order valence-corrected chi connectivity index (χ0v) is 24.8. The van der Waals surface area contributed by atoms with Gasteiger partial charge in [0.15, 0.2) is 0 Å². The Bertz CT molecular complexity index is 2190. The molecule has 1 aliphatic rings. The standard InChI is InChI=1S/C38H31BN2O2/c1-37(2)38(3,4)43-39(42-37)28-17-15-25(16-18-28)36-35-30(29-11-7-8-12-33(29)41-36)19-22-34-31(35)20-21-32(40-34)27-14-13-24-9-5-6-10-26(24)23-27/h5-23H,1-4H3. The van der Waals surface area contributed by atoms with Gasteiger partial charge in [-0.1, -0.05) is 84.9 Å². The summed E-state index contributed by atoms with van der Waals surface area (Å²) in [5.41, 5.74) is 6.20. The molecule has 2 aromatic heterocycles. The second-order valence-corrected chi connectivity index (χ2v) is 12.5. The highest BCUT2D eigenvalue weighted by Crippen LogP contribution is 2.39. The number of fused-ring (bicyclic) bond motifs is 6. The Morgan fingerprint density at radius 3 is 1.98 bits per heavy atom. The number of hydrogen-bond donors (Lipinski definition) is 0. The van der Waals surface area contributed by atoms with Crippen LogP contribution in [0.1, 0.15) is 27.7 Å². The van der Waals surface area contributed by atoms with Crippen molar-refractivity contribution in [2.75, 3.05) is 0 Å². The minimum absolute atomic E-state index is 0.385. The summed E-state index contributed by atoms with van der Waals surface area (Å²) in [5.74, 6) is 0. The first-order chi connectivity index (χ1) is 20.8. The molecule has 8 rings (SSSR count). The van der Waals surface area contributed by atoms with Gasteiger partial charge in [-0.25, -0.2) is 9.97 Å². The lowest BCUT2D eigenvalue weighted by molar-refractivity contribution is 0.00578. The Kier molecular flexibility index (Phi) is 5.74. The monoisotopic (exact) mass is 558 g/mol. The van der Waals surface area contributed by atoms with E-state index in [1.807, 2.05) is 6.07 Å². The molecule has 1 saturated heterocycles. The van der Waals surface area contributed by atoms with Crippen molar-refractivity contribution in [3.63, 3.8) is 0 Å². The van der Waals surface area contributed by atoms with Gasteiger partial charge in [-0.2, -0.15) is 0 Å². The second kappa shape index (κ2) is 9.47. The van der Waals surface area contributed by atoms with Gasteiger partial charge >= 0.3 is 7.12 Å². The van der Waals surface area contributed by atoms with Crippen molar-refractivity contribution in [1.82, 2.24) is 9.97 Å². The van der Waals surface area contributed by atoms with E-state index >= 15 is 0 Å². The Labute approximate surface area is 251 Å². The topological polar surface area (TPSA) is 44.2 Å². The molecule has 0 bridgehead atoms. The molecule has 43 heavy (non-hydrogen) atoms. The quantitative estimate of drug-likeness (QED) is 0.161. The van der Waals surface area contributed by atoms with E-state index in [4.69, 9.17) is 19.3 Å². The maximum absolute atomic E-state index is 6.31. The van der Waals surface area contributed by atoms with Gasteiger partial charge in [-0.3, -0.25) is 0 Å². The minimum atomic E-state index is -0.404. The van der Waals surface area contributed by atoms with Crippen molar-refractivity contribution in [1.29, 1.82) is 0 Å². The fourth-order valence-electron chi connectivity index (χ4n) is 6.15. The molecule has 0 N–H and O–H groups in total. The highest BCUT2D eigenvalue weighted by Gasteiger charge is 2.51. The van der Waals surface area contributed by atoms with Crippen LogP contribution in [0.4, 0.5) is 0 Å². The average Bonchev–Trinajstić information content (AvgIpc) is 3.25. The summed E-state index contributed by atoms with van der Waals surface area (Å²) >= 11 is 0. The zero-order valence-electron chi connectivity index (χ0n) is 24.8. The van der Waals surface area contributed by atoms with Crippen molar-refractivity contribution < 1.29 is 9.31 Å². The zero-order chi connectivity index (χ0) is 29.3. The number of para-hydroxylation sites is 1. The number of benzene rings is 5. The smallest absolute Gasteiger partial charge is 0.399 e. The first-order valence-electron chi connectivity index (χ1n) is 14.8. The average molecular weight is 558 g/mol. The lowest BCUT2D eigenvalue weighted by Crippen LogP contribution is -2.41. The van der Waals surface area contributed by atoms with Crippen LogP contribution < -0.4 is 5.46 Å². The van der Waals surface area contributed by atoms with E-state index in [9.17, 15) is 0 Å². The van der Waals surface area contributed by atoms with Crippen LogP contribution >= 0.6 is 0 Å². The predicted molar refractivity (Wildman–Crippen MR) is 179 cm³/mol. The van der Waals surface area contributed by atoms with Crippen molar-refractivity contribution in [2.45, 2.75) is 38.9 Å². The SMILES string of the molecule is CC1(C)OB(c2ccc(-c3nc4ccccc4c4ccc5nc(-c6ccc7ccccc7c6)ccc5c34)cc2)OC1(C)C. The molecular formula is C38H31BN2O2. The van der Waals surface area contributed by atoms with Crippen LogP contribution in [0.2, 0.25) is 0 Å². The molecule has 1 fully saturated rings. The van der Waals surface area contributed by atoms with E-state index in [1.54, 1.807) is 0 Å². The van der Waals surface area contributed by atoms with Gasteiger partial charge in [-0.05, 0) is 79.6 Å². The fraction of sp³-hybridized carbons (Fsp3) is 0.158. The predicted octanol–water partition coefficient (Wildman–Crippen LogP) is 8.72. The Balaban J connectivity index is 1.28. The normalized spacial score (nSPS) is 16.0.